The number of hydrogen-bond acceptors (Lipinski definition) is 14. The SMILES string of the molecule is CC1(C)OB(c2ccc(B3OC(C)(C)C(C)(C)O3)c(Cl)c2)OC1(C)C.COCOC1(c2ccc(-c3ccc(-c4ccc(C5(OCOC)CCC(OCOC)(c6ccc(Br)cc6)CC5)cc4)cc3Cl)cc2)CCC(C)(c2ccc(Br)cc2)CC1.COCOC1(c2ccc(Br)cc2)CCC(OCOC)(c2ccc(Br)cc2)CC1. The molecule has 0 bridgehead atoms. The Labute approximate surface area is 702 Å². The molecule has 13 rings (SSSR count). The molecule has 3 saturated carbocycles. The molecule has 0 atom stereocenters. The molecule has 0 aromatic heterocycles. The molecule has 5 aliphatic rings. The molecule has 0 radical (unpaired) electrons. The average Bonchev–Trinajstić information content (AvgIpc) is 1.44. The smallest absolute Gasteiger partial charge is 0.399 e. The Hall–Kier alpha value is -4.17. The zero-order chi connectivity index (χ0) is 79.7. The van der Waals surface area contributed by atoms with Crippen molar-refractivity contribution in [1.82, 2.24) is 0 Å². The molecule has 14 nitrogen and oxygen atoms in total. The predicted octanol–water partition coefficient (Wildman–Crippen LogP) is 22.5. The average molecular weight is 1810 g/mol. The van der Waals surface area contributed by atoms with Crippen molar-refractivity contribution in [3.63, 3.8) is 0 Å². The lowest BCUT2D eigenvalue weighted by atomic mass is 9.65. The van der Waals surface area contributed by atoms with Crippen LogP contribution in [-0.4, -0.2) is 106 Å². The Morgan fingerprint density at radius 3 is 0.865 bits per heavy atom. The molecule has 111 heavy (non-hydrogen) atoms. The van der Waals surface area contributed by atoms with Gasteiger partial charge in [0.25, 0.3) is 0 Å². The van der Waals surface area contributed by atoms with Crippen LogP contribution in [0.5, 0.6) is 0 Å². The molecule has 8 aromatic carbocycles. The van der Waals surface area contributed by atoms with Crippen LogP contribution in [0.15, 0.2) is 200 Å². The van der Waals surface area contributed by atoms with E-state index in [1.54, 1.807) is 35.5 Å². The largest absolute Gasteiger partial charge is 0.496 e. The molecule has 0 N–H and O–H groups in total. The standard InChI is InChI=1S/C49H53Br2ClO6.C22H26Br2O4.C18H27B2ClO4/c1-46(38-14-18-42(50)19-15-38)23-25-47(26-24-46,56-32-53-2)40-12-7-36(8-13-40)44-22-9-37(31-45(44)52)35-5-10-39(11-6-35)48(57-33-54-3)27-29-49(30-28-48,58-34-55-4)41-16-20-43(51)21-17-41;1-25-15-27-21(17-3-7-19(23)8-4-17)11-13-22(14-12-21,28-16-26-2)18-5-9-20(24)10-6-18;1-15(2)16(3,4)23-19(22-15)12-9-10-13(14(21)11-12)20-24-17(5,6)18(7,8)25-20/h5-22,31H,23-30,32-34H2,1-4H3;3-10H,11-16H2,1-2H3;9-11H,1-8H3. The monoisotopic (exact) mass is 1810 g/mol. The summed E-state index contributed by atoms with van der Waals surface area (Å²) in [5.41, 5.74) is 9.45. The summed E-state index contributed by atoms with van der Waals surface area (Å²) in [4.78, 5) is 0. The number of hydrogen-bond donors (Lipinski definition) is 0. The first-order valence-corrected chi connectivity index (χ1v) is 42.0. The Morgan fingerprint density at radius 1 is 0.297 bits per heavy atom. The van der Waals surface area contributed by atoms with Gasteiger partial charge in [0, 0.05) is 74.5 Å². The van der Waals surface area contributed by atoms with Crippen LogP contribution >= 0.6 is 86.9 Å². The fourth-order valence-electron chi connectivity index (χ4n) is 15.8. The maximum absolute atomic E-state index is 7.05. The van der Waals surface area contributed by atoms with Crippen LogP contribution in [0.3, 0.4) is 0 Å². The van der Waals surface area contributed by atoms with Crippen molar-refractivity contribution in [2.24, 2.45) is 0 Å². The van der Waals surface area contributed by atoms with E-state index in [1.165, 1.54) is 22.3 Å². The first-order valence-electron chi connectivity index (χ1n) is 38.1. The number of benzene rings is 8. The molecule has 2 saturated heterocycles. The number of methoxy groups -OCH3 is 5. The molecule has 2 heterocycles. The lowest BCUT2D eigenvalue weighted by Gasteiger charge is -2.46. The number of ether oxygens (including phenoxy) is 10. The Kier molecular flexibility index (Phi) is 29.4. The normalized spacial score (nSPS) is 25.2. The molecular weight excluding hydrogens is 1710 g/mol. The van der Waals surface area contributed by atoms with Gasteiger partial charge < -0.3 is 66.0 Å². The summed E-state index contributed by atoms with van der Waals surface area (Å²) in [6, 6.07) is 63.5. The maximum atomic E-state index is 7.05. The minimum absolute atomic E-state index is 0.0958. The van der Waals surface area contributed by atoms with Crippen LogP contribution in [0.25, 0.3) is 22.3 Å². The van der Waals surface area contributed by atoms with Gasteiger partial charge in [0.2, 0.25) is 0 Å². The van der Waals surface area contributed by atoms with Gasteiger partial charge >= 0.3 is 14.2 Å². The second-order valence-corrected chi connectivity index (χ2v) is 36.6. The number of halogens is 6. The van der Waals surface area contributed by atoms with E-state index in [0.29, 0.717) is 10.0 Å². The van der Waals surface area contributed by atoms with Crippen molar-refractivity contribution >= 4 is 112 Å². The Balaban J connectivity index is 0.000000190. The van der Waals surface area contributed by atoms with Gasteiger partial charge in [-0.05, 0) is 254 Å². The van der Waals surface area contributed by atoms with Crippen LogP contribution < -0.4 is 10.9 Å². The fraction of sp³-hybridized carbons (Fsp3) is 0.461. The third kappa shape index (κ3) is 20.0. The third-order valence-electron chi connectivity index (χ3n) is 24.3. The van der Waals surface area contributed by atoms with E-state index in [-0.39, 0.29) is 61.8 Å². The zero-order valence-corrected chi connectivity index (χ0v) is 74.3. The molecule has 0 amide bonds. The van der Waals surface area contributed by atoms with Crippen molar-refractivity contribution in [1.29, 1.82) is 0 Å². The highest BCUT2D eigenvalue weighted by Gasteiger charge is 2.55. The van der Waals surface area contributed by atoms with Crippen LogP contribution in [0.1, 0.15) is 173 Å². The van der Waals surface area contributed by atoms with E-state index >= 15 is 0 Å². The second-order valence-electron chi connectivity index (χ2n) is 32.1. The van der Waals surface area contributed by atoms with Crippen molar-refractivity contribution in [2.75, 3.05) is 69.5 Å². The maximum Gasteiger partial charge on any atom is 0.496 e. The minimum Gasteiger partial charge on any atom is -0.399 e. The van der Waals surface area contributed by atoms with Crippen molar-refractivity contribution in [3.8, 4) is 22.3 Å². The molecular formula is C89H106B2Br4Cl2O14. The Morgan fingerprint density at radius 2 is 0.568 bits per heavy atom. The van der Waals surface area contributed by atoms with Crippen molar-refractivity contribution in [2.45, 2.75) is 195 Å². The summed E-state index contributed by atoms with van der Waals surface area (Å²) in [5.74, 6) is 0. The summed E-state index contributed by atoms with van der Waals surface area (Å²) in [6.45, 7) is 19.8. The summed E-state index contributed by atoms with van der Waals surface area (Å²) in [7, 11) is 7.42. The molecule has 3 aliphatic carbocycles. The highest BCUT2D eigenvalue weighted by atomic mass is 79.9. The van der Waals surface area contributed by atoms with Gasteiger partial charge in [0.05, 0.1) is 50.4 Å². The highest BCUT2D eigenvalue weighted by Crippen LogP contribution is 2.54. The summed E-state index contributed by atoms with van der Waals surface area (Å²) in [6.07, 6.45) is 10.3. The molecule has 22 heteroatoms. The summed E-state index contributed by atoms with van der Waals surface area (Å²) < 4.78 is 87.4. The van der Waals surface area contributed by atoms with E-state index in [4.69, 9.17) is 89.2 Å². The molecule has 8 aromatic rings. The lowest BCUT2D eigenvalue weighted by Crippen LogP contribution is -2.43. The van der Waals surface area contributed by atoms with Crippen LogP contribution in [0.2, 0.25) is 10.0 Å². The van der Waals surface area contributed by atoms with Gasteiger partial charge in [0.15, 0.2) is 0 Å². The first kappa shape index (κ1) is 87.7. The van der Waals surface area contributed by atoms with Gasteiger partial charge in [-0.15, -0.1) is 0 Å². The zero-order valence-electron chi connectivity index (χ0n) is 66.5. The van der Waals surface area contributed by atoms with Crippen LogP contribution in [-0.2, 0) is 99.4 Å². The highest BCUT2D eigenvalue weighted by molar-refractivity contribution is 9.11. The minimum atomic E-state index is -0.512. The van der Waals surface area contributed by atoms with Crippen molar-refractivity contribution in [3.05, 3.63) is 243 Å². The van der Waals surface area contributed by atoms with E-state index in [0.717, 1.165) is 139 Å². The third-order valence-corrected chi connectivity index (χ3v) is 27.1. The van der Waals surface area contributed by atoms with Gasteiger partial charge in [0.1, 0.15) is 34.0 Å². The predicted molar refractivity (Wildman–Crippen MR) is 458 cm³/mol. The molecule has 0 unspecified atom stereocenters. The molecule has 5 fully saturated rings. The lowest BCUT2D eigenvalue weighted by molar-refractivity contribution is -0.203. The molecule has 2 aliphatic heterocycles. The van der Waals surface area contributed by atoms with Gasteiger partial charge in [-0.1, -0.05) is 215 Å². The van der Waals surface area contributed by atoms with Gasteiger partial charge in [-0.25, -0.2) is 0 Å². The van der Waals surface area contributed by atoms with Gasteiger partial charge in [-0.3, -0.25) is 0 Å². The first-order chi connectivity index (χ1) is 52.9. The topological polar surface area (TPSA) is 129 Å². The van der Waals surface area contributed by atoms with E-state index in [2.05, 4.69) is 234 Å². The van der Waals surface area contributed by atoms with E-state index in [1.807, 2.05) is 73.6 Å². The van der Waals surface area contributed by atoms with Gasteiger partial charge in [-0.2, -0.15) is 0 Å². The quantitative estimate of drug-likeness (QED) is 0.0397. The summed E-state index contributed by atoms with van der Waals surface area (Å²) >= 11 is 27.8. The summed E-state index contributed by atoms with van der Waals surface area (Å²) in [5, 5.41) is 1.29. The van der Waals surface area contributed by atoms with Crippen LogP contribution in [0, 0.1) is 0 Å². The molecule has 0 spiro atoms. The second kappa shape index (κ2) is 37.2. The number of rotatable bonds is 25. The fourth-order valence-corrected chi connectivity index (χ4v) is 17.5. The van der Waals surface area contributed by atoms with E-state index < -0.39 is 42.2 Å². The molecule has 594 valence electrons. The Bertz CT molecular complexity index is 4220. The van der Waals surface area contributed by atoms with Crippen molar-refractivity contribution < 1.29 is 66.0 Å². The van der Waals surface area contributed by atoms with E-state index in [9.17, 15) is 0 Å². The van der Waals surface area contributed by atoms with Crippen LogP contribution in [0.4, 0.5) is 0 Å².